The molecule has 6 heteroatoms. The number of rotatable bonds is 4. The summed E-state index contributed by atoms with van der Waals surface area (Å²) in [5.41, 5.74) is 5.39. The van der Waals surface area contributed by atoms with E-state index in [1.54, 1.807) is 5.51 Å². The Labute approximate surface area is 151 Å². The van der Waals surface area contributed by atoms with Gasteiger partial charge in [-0.15, -0.1) is 11.3 Å². The number of nitrogens with zero attached hydrogens (tertiary/aromatic N) is 3. The first kappa shape index (κ1) is 15.5. The molecule has 2 aromatic heterocycles. The van der Waals surface area contributed by atoms with Crippen molar-refractivity contribution in [2.75, 3.05) is 0 Å². The minimum atomic E-state index is -0.627. The van der Waals surface area contributed by atoms with Crippen molar-refractivity contribution in [2.24, 2.45) is 0 Å². The van der Waals surface area contributed by atoms with Crippen LogP contribution in [-0.4, -0.2) is 19.6 Å². The van der Waals surface area contributed by atoms with Crippen LogP contribution in [0.4, 0.5) is 0 Å². The highest BCUT2D eigenvalue weighted by atomic mass is 79.9. The Bertz CT molecular complexity index is 981. The first-order valence-corrected chi connectivity index (χ1v) is 9.23. The second kappa shape index (κ2) is 6.47. The van der Waals surface area contributed by atoms with Gasteiger partial charge in [0.25, 0.3) is 0 Å². The van der Waals surface area contributed by atoms with Crippen molar-refractivity contribution in [2.45, 2.75) is 12.6 Å². The first-order valence-electron chi connectivity index (χ1n) is 7.50. The normalized spacial score (nSPS) is 12.6. The molecule has 0 amide bonds. The van der Waals surface area contributed by atoms with Gasteiger partial charge in [0.1, 0.15) is 5.69 Å². The average Bonchev–Trinajstić information content (AvgIpc) is 3.23. The maximum Gasteiger partial charge on any atom is 0.160 e. The number of fused-ring (bicyclic) bond motifs is 1. The molecular formula is C18H14BrN3OS. The smallest absolute Gasteiger partial charge is 0.160 e. The summed E-state index contributed by atoms with van der Waals surface area (Å²) in [7, 11) is 0. The van der Waals surface area contributed by atoms with Crippen LogP contribution in [0.3, 0.4) is 0 Å². The van der Waals surface area contributed by atoms with Crippen molar-refractivity contribution in [3.63, 3.8) is 0 Å². The summed E-state index contributed by atoms with van der Waals surface area (Å²) in [4.78, 5) is 9.09. The predicted molar refractivity (Wildman–Crippen MR) is 99.9 cm³/mol. The predicted octanol–water partition coefficient (Wildman–Crippen LogP) is 4.66. The van der Waals surface area contributed by atoms with E-state index in [1.807, 2.05) is 58.5 Å². The second-order valence-corrected chi connectivity index (χ2v) is 7.11. The molecule has 0 saturated carbocycles. The molecule has 1 atom stereocenters. The van der Waals surface area contributed by atoms with Gasteiger partial charge < -0.3 is 9.67 Å². The second-order valence-electron chi connectivity index (χ2n) is 5.48. The highest BCUT2D eigenvalue weighted by Crippen LogP contribution is 2.28. The molecule has 1 N–H and O–H groups in total. The lowest BCUT2D eigenvalue weighted by molar-refractivity contribution is 0.158. The van der Waals surface area contributed by atoms with E-state index in [-0.39, 0.29) is 0 Å². The van der Waals surface area contributed by atoms with E-state index in [1.165, 1.54) is 11.3 Å². The fourth-order valence-corrected chi connectivity index (χ4v) is 3.72. The number of imidazole rings is 1. The van der Waals surface area contributed by atoms with Gasteiger partial charge in [0.2, 0.25) is 0 Å². The molecule has 0 aliphatic heterocycles. The molecule has 4 aromatic rings. The quantitative estimate of drug-likeness (QED) is 0.542. The van der Waals surface area contributed by atoms with Gasteiger partial charge in [0.05, 0.1) is 29.2 Å². The number of para-hydroxylation sites is 2. The number of hydrogen-bond acceptors (Lipinski definition) is 4. The maximum absolute atomic E-state index is 10.7. The van der Waals surface area contributed by atoms with E-state index in [0.717, 1.165) is 32.6 Å². The summed E-state index contributed by atoms with van der Waals surface area (Å²) in [6.07, 6.45) is -0.627. The number of benzene rings is 2. The molecule has 24 heavy (non-hydrogen) atoms. The van der Waals surface area contributed by atoms with E-state index in [9.17, 15) is 5.11 Å². The van der Waals surface area contributed by atoms with Crippen molar-refractivity contribution in [1.82, 2.24) is 14.5 Å². The molecule has 4 nitrogen and oxygen atoms in total. The van der Waals surface area contributed by atoms with Gasteiger partial charge in [-0.3, -0.25) is 0 Å². The summed E-state index contributed by atoms with van der Waals surface area (Å²) in [5.74, 6) is 0.784. The molecule has 4 rings (SSSR count). The highest BCUT2D eigenvalue weighted by Gasteiger charge is 2.17. The summed E-state index contributed by atoms with van der Waals surface area (Å²) >= 11 is 4.99. The van der Waals surface area contributed by atoms with E-state index in [2.05, 4.69) is 20.9 Å². The van der Waals surface area contributed by atoms with Crippen LogP contribution in [0.15, 0.2) is 63.9 Å². The monoisotopic (exact) mass is 399 g/mol. The summed E-state index contributed by atoms with van der Waals surface area (Å²) in [6, 6.07) is 15.7. The Morgan fingerprint density at radius 1 is 1.17 bits per heavy atom. The Morgan fingerprint density at radius 2 is 2.04 bits per heavy atom. The maximum atomic E-state index is 10.7. The SMILES string of the molecule is OC(Cn1c(-c2cscn2)nc2ccccc21)c1cccc(Br)c1. The largest absolute Gasteiger partial charge is 0.387 e. The third-order valence-corrected chi connectivity index (χ3v) is 4.98. The van der Waals surface area contributed by atoms with Gasteiger partial charge in [-0.2, -0.15) is 0 Å². The van der Waals surface area contributed by atoms with Crippen molar-refractivity contribution < 1.29 is 5.11 Å². The standard InChI is InChI=1S/C18H14BrN3OS/c19-13-5-3-4-12(8-13)17(23)9-22-16-7-2-1-6-14(16)21-18(22)15-10-24-11-20-15/h1-8,10-11,17,23H,9H2. The number of halogens is 1. The van der Waals surface area contributed by atoms with Crippen molar-refractivity contribution in [3.8, 4) is 11.5 Å². The molecule has 0 bridgehead atoms. The Kier molecular flexibility index (Phi) is 4.18. The molecule has 0 radical (unpaired) electrons. The van der Waals surface area contributed by atoms with Crippen molar-refractivity contribution in [3.05, 3.63) is 69.5 Å². The minimum absolute atomic E-state index is 0.420. The Balaban J connectivity index is 1.79. The molecule has 0 fully saturated rings. The van der Waals surface area contributed by atoms with E-state index < -0.39 is 6.10 Å². The third-order valence-electron chi connectivity index (χ3n) is 3.90. The van der Waals surface area contributed by atoms with Gasteiger partial charge in [-0.05, 0) is 29.8 Å². The van der Waals surface area contributed by atoms with Gasteiger partial charge in [-0.25, -0.2) is 9.97 Å². The first-order chi connectivity index (χ1) is 11.7. The molecule has 0 saturated heterocycles. The molecular weight excluding hydrogens is 386 g/mol. The zero-order valence-electron chi connectivity index (χ0n) is 12.6. The fourth-order valence-electron chi connectivity index (χ4n) is 2.77. The molecule has 1 unspecified atom stereocenters. The van der Waals surface area contributed by atoms with Crippen molar-refractivity contribution >= 4 is 38.3 Å². The Morgan fingerprint density at radius 3 is 2.83 bits per heavy atom. The lowest BCUT2D eigenvalue weighted by Crippen LogP contribution is -2.10. The topological polar surface area (TPSA) is 50.9 Å². The molecule has 2 aromatic carbocycles. The molecule has 2 heterocycles. The van der Waals surface area contributed by atoms with Crippen LogP contribution in [0.2, 0.25) is 0 Å². The lowest BCUT2D eigenvalue weighted by atomic mass is 10.1. The molecule has 0 aliphatic rings. The van der Waals surface area contributed by atoms with Crippen LogP contribution >= 0.6 is 27.3 Å². The van der Waals surface area contributed by atoms with E-state index in [4.69, 9.17) is 4.98 Å². The van der Waals surface area contributed by atoms with Crippen LogP contribution in [-0.2, 0) is 6.54 Å². The van der Waals surface area contributed by atoms with E-state index >= 15 is 0 Å². The zero-order chi connectivity index (χ0) is 16.5. The average molecular weight is 400 g/mol. The van der Waals surface area contributed by atoms with Crippen molar-refractivity contribution in [1.29, 1.82) is 0 Å². The number of aliphatic hydroxyl groups excluding tert-OH is 1. The number of hydrogen-bond donors (Lipinski definition) is 1. The number of thiazole rings is 1. The number of aliphatic hydroxyl groups is 1. The summed E-state index contributed by atoms with van der Waals surface area (Å²) in [5, 5.41) is 12.7. The summed E-state index contributed by atoms with van der Waals surface area (Å²) in [6.45, 7) is 0.420. The van der Waals surface area contributed by atoms with Crippen LogP contribution in [0, 0.1) is 0 Å². The Hall–Kier alpha value is -2.02. The van der Waals surface area contributed by atoms with Crippen LogP contribution in [0.5, 0.6) is 0 Å². The highest BCUT2D eigenvalue weighted by molar-refractivity contribution is 9.10. The third kappa shape index (κ3) is 2.88. The number of aromatic nitrogens is 3. The van der Waals surface area contributed by atoms with Gasteiger partial charge in [0, 0.05) is 9.85 Å². The minimum Gasteiger partial charge on any atom is -0.387 e. The van der Waals surface area contributed by atoms with Gasteiger partial charge >= 0.3 is 0 Å². The van der Waals surface area contributed by atoms with Gasteiger partial charge in [-0.1, -0.05) is 40.2 Å². The van der Waals surface area contributed by atoms with E-state index in [0.29, 0.717) is 6.54 Å². The molecule has 0 aliphatic carbocycles. The molecule has 0 spiro atoms. The zero-order valence-corrected chi connectivity index (χ0v) is 15.0. The fraction of sp³-hybridized carbons (Fsp3) is 0.111. The van der Waals surface area contributed by atoms with Gasteiger partial charge in [0.15, 0.2) is 5.82 Å². The van der Waals surface area contributed by atoms with Crippen LogP contribution < -0.4 is 0 Å². The van der Waals surface area contributed by atoms with Crippen LogP contribution in [0.25, 0.3) is 22.6 Å². The molecule has 120 valence electrons. The van der Waals surface area contributed by atoms with Crippen LogP contribution in [0.1, 0.15) is 11.7 Å². The summed E-state index contributed by atoms with van der Waals surface area (Å²) < 4.78 is 2.99. The lowest BCUT2D eigenvalue weighted by Gasteiger charge is -2.15.